The van der Waals surface area contributed by atoms with Crippen LogP contribution in [0.3, 0.4) is 0 Å². The number of piperidine rings is 1. The minimum atomic E-state index is -0.884. The summed E-state index contributed by atoms with van der Waals surface area (Å²) in [5, 5.41) is 9.49. The summed E-state index contributed by atoms with van der Waals surface area (Å²) in [5.74, 6) is -0.884. The van der Waals surface area contributed by atoms with Gasteiger partial charge < -0.3 is 14.9 Å². The maximum Gasteiger partial charge on any atom is 0.327 e. The van der Waals surface area contributed by atoms with E-state index in [0.717, 1.165) is 32.2 Å². The van der Waals surface area contributed by atoms with Gasteiger partial charge in [-0.3, -0.25) is 0 Å². The Bertz CT molecular complexity index is 381. The number of nitrogens with zero attached hydrogens (tertiary/aromatic N) is 2. The van der Waals surface area contributed by atoms with Crippen LogP contribution in [0.1, 0.15) is 46.5 Å². The van der Waals surface area contributed by atoms with Gasteiger partial charge in [-0.2, -0.15) is 0 Å². The summed E-state index contributed by atoms with van der Waals surface area (Å²) in [6.07, 6.45) is 3.76. The fourth-order valence-corrected chi connectivity index (χ4v) is 3.45. The predicted octanol–water partition coefficient (Wildman–Crippen LogP) is 2.17. The Morgan fingerprint density at radius 2 is 1.79 bits per heavy atom. The fraction of sp³-hybridized carbons (Fsp3) is 0.857. The lowest BCUT2D eigenvalue weighted by Crippen LogP contribution is -2.59. The molecule has 1 N–H and O–H groups in total. The second kappa shape index (κ2) is 5.02. The maximum absolute atomic E-state index is 12.6. The number of aliphatic carboxylic acids is 1. The summed E-state index contributed by atoms with van der Waals surface area (Å²) in [6, 6.07) is -0.571. The van der Waals surface area contributed by atoms with Gasteiger partial charge in [0.25, 0.3) is 0 Å². The highest BCUT2D eigenvalue weighted by Crippen LogP contribution is 2.36. The van der Waals surface area contributed by atoms with Gasteiger partial charge in [0.1, 0.15) is 6.04 Å². The average molecular weight is 268 g/mol. The normalized spacial score (nSPS) is 30.5. The van der Waals surface area contributed by atoms with E-state index >= 15 is 0 Å². The molecule has 108 valence electrons. The van der Waals surface area contributed by atoms with E-state index in [1.807, 2.05) is 25.7 Å². The van der Waals surface area contributed by atoms with Crippen molar-refractivity contribution in [1.82, 2.24) is 9.80 Å². The first-order valence-electron chi connectivity index (χ1n) is 7.14. The molecule has 0 aliphatic carbocycles. The number of hydrogen-bond acceptors (Lipinski definition) is 2. The van der Waals surface area contributed by atoms with E-state index in [0.29, 0.717) is 6.54 Å². The Kier molecular flexibility index (Phi) is 3.74. The van der Waals surface area contributed by atoms with Gasteiger partial charge in [-0.05, 0) is 38.0 Å². The second-order valence-corrected chi connectivity index (χ2v) is 6.49. The van der Waals surface area contributed by atoms with Crippen LogP contribution in [0.5, 0.6) is 0 Å². The molecule has 2 atom stereocenters. The molecule has 2 heterocycles. The Hall–Kier alpha value is -1.26. The summed E-state index contributed by atoms with van der Waals surface area (Å²) in [6.45, 7) is 7.23. The van der Waals surface area contributed by atoms with E-state index in [9.17, 15) is 14.7 Å². The van der Waals surface area contributed by atoms with Crippen molar-refractivity contribution < 1.29 is 14.7 Å². The fourth-order valence-electron chi connectivity index (χ4n) is 3.45. The molecule has 19 heavy (non-hydrogen) atoms. The summed E-state index contributed by atoms with van der Waals surface area (Å²) in [5.41, 5.74) is -0.358. The van der Waals surface area contributed by atoms with Crippen LogP contribution in [0, 0.1) is 5.41 Å². The number of carbonyl (C=O) groups is 2. The minimum Gasteiger partial charge on any atom is -0.480 e. The van der Waals surface area contributed by atoms with Crippen molar-refractivity contribution in [3.8, 4) is 0 Å². The van der Waals surface area contributed by atoms with Crippen molar-refractivity contribution in [2.75, 3.05) is 13.1 Å². The molecule has 0 aromatic heterocycles. The first-order valence-corrected chi connectivity index (χ1v) is 7.14. The smallest absolute Gasteiger partial charge is 0.327 e. The summed E-state index contributed by atoms with van der Waals surface area (Å²) >= 11 is 0. The van der Waals surface area contributed by atoms with E-state index in [2.05, 4.69) is 0 Å². The zero-order valence-electron chi connectivity index (χ0n) is 12.1. The Balaban J connectivity index is 2.21. The van der Waals surface area contributed by atoms with Crippen LogP contribution in [-0.2, 0) is 4.79 Å². The molecular weight excluding hydrogens is 244 g/mol. The molecule has 2 fully saturated rings. The minimum absolute atomic E-state index is 0.0924. The largest absolute Gasteiger partial charge is 0.480 e. The third-order valence-corrected chi connectivity index (χ3v) is 4.55. The second-order valence-electron chi connectivity index (χ2n) is 6.49. The van der Waals surface area contributed by atoms with Crippen molar-refractivity contribution in [2.24, 2.45) is 5.41 Å². The van der Waals surface area contributed by atoms with Crippen molar-refractivity contribution in [1.29, 1.82) is 0 Å². The molecule has 2 saturated heterocycles. The van der Waals surface area contributed by atoms with E-state index in [4.69, 9.17) is 0 Å². The molecule has 0 aromatic rings. The van der Waals surface area contributed by atoms with Gasteiger partial charge in [-0.25, -0.2) is 9.59 Å². The van der Waals surface area contributed by atoms with Crippen LogP contribution < -0.4 is 0 Å². The zero-order valence-corrected chi connectivity index (χ0v) is 12.1. The Morgan fingerprint density at radius 1 is 1.16 bits per heavy atom. The predicted molar refractivity (Wildman–Crippen MR) is 71.9 cm³/mol. The van der Waals surface area contributed by atoms with Crippen LogP contribution in [0.4, 0.5) is 4.79 Å². The Morgan fingerprint density at radius 3 is 2.32 bits per heavy atom. The highest BCUT2D eigenvalue weighted by Gasteiger charge is 2.46. The van der Waals surface area contributed by atoms with Crippen LogP contribution in [0.15, 0.2) is 0 Å². The summed E-state index contributed by atoms with van der Waals surface area (Å²) in [7, 11) is 0. The molecular formula is C14H24N2O3. The van der Waals surface area contributed by atoms with Crippen LogP contribution in [0.2, 0.25) is 0 Å². The number of hydrogen-bond donors (Lipinski definition) is 1. The molecule has 2 amide bonds. The molecule has 5 nitrogen and oxygen atoms in total. The quantitative estimate of drug-likeness (QED) is 0.792. The first-order chi connectivity index (χ1) is 8.84. The van der Waals surface area contributed by atoms with Gasteiger partial charge in [0, 0.05) is 19.1 Å². The number of amides is 2. The van der Waals surface area contributed by atoms with Gasteiger partial charge in [0.2, 0.25) is 0 Å². The number of carboxylic acid groups (broad SMARTS) is 1. The van der Waals surface area contributed by atoms with Gasteiger partial charge in [0.05, 0.1) is 0 Å². The highest BCUT2D eigenvalue weighted by molar-refractivity contribution is 5.84. The van der Waals surface area contributed by atoms with Gasteiger partial charge >= 0.3 is 12.0 Å². The third kappa shape index (κ3) is 2.55. The number of rotatable bonds is 1. The Labute approximate surface area is 114 Å². The molecule has 0 bridgehead atoms. The molecule has 0 spiro atoms. The standard InChI is InChI=1S/C14H24N2O3/c1-10-6-4-8-15(10)13(19)16-9-5-7-14(2,3)11(16)12(17)18/h10-11H,4-9H2,1-3H3,(H,17,18). The zero-order chi connectivity index (χ0) is 14.2. The molecule has 2 rings (SSSR count). The van der Waals surface area contributed by atoms with E-state index < -0.39 is 12.0 Å². The number of urea groups is 1. The molecule has 2 aliphatic heterocycles. The number of likely N-dealkylation sites (tertiary alicyclic amines) is 2. The number of carboxylic acids is 1. The third-order valence-electron chi connectivity index (χ3n) is 4.55. The van der Waals surface area contributed by atoms with Crippen molar-refractivity contribution in [2.45, 2.75) is 58.5 Å². The summed E-state index contributed by atoms with van der Waals surface area (Å²) < 4.78 is 0. The van der Waals surface area contributed by atoms with Crippen molar-refractivity contribution >= 4 is 12.0 Å². The van der Waals surface area contributed by atoms with Crippen LogP contribution in [-0.4, -0.2) is 52.1 Å². The van der Waals surface area contributed by atoms with E-state index in [1.54, 1.807) is 4.90 Å². The molecule has 2 unspecified atom stereocenters. The van der Waals surface area contributed by atoms with E-state index in [1.165, 1.54) is 0 Å². The average Bonchev–Trinajstić information content (AvgIpc) is 2.72. The molecule has 5 heteroatoms. The van der Waals surface area contributed by atoms with Gasteiger partial charge in [-0.15, -0.1) is 0 Å². The molecule has 0 radical (unpaired) electrons. The van der Waals surface area contributed by atoms with Crippen LogP contribution in [0.25, 0.3) is 0 Å². The molecule has 2 aliphatic rings. The SMILES string of the molecule is CC1CCCN1C(=O)N1CCCC(C)(C)C1C(=O)O. The van der Waals surface area contributed by atoms with Gasteiger partial charge in [-0.1, -0.05) is 13.8 Å². The van der Waals surface area contributed by atoms with Crippen LogP contribution >= 0.6 is 0 Å². The molecule has 0 saturated carbocycles. The topological polar surface area (TPSA) is 60.9 Å². The lowest BCUT2D eigenvalue weighted by Gasteiger charge is -2.45. The van der Waals surface area contributed by atoms with Crippen molar-refractivity contribution in [3.63, 3.8) is 0 Å². The lowest BCUT2D eigenvalue weighted by molar-refractivity contribution is -0.148. The first kappa shape index (κ1) is 14.2. The molecule has 0 aromatic carbocycles. The van der Waals surface area contributed by atoms with E-state index in [-0.39, 0.29) is 17.5 Å². The highest BCUT2D eigenvalue weighted by atomic mass is 16.4. The monoisotopic (exact) mass is 268 g/mol. The van der Waals surface area contributed by atoms with Gasteiger partial charge in [0.15, 0.2) is 0 Å². The number of carbonyl (C=O) groups excluding carboxylic acids is 1. The van der Waals surface area contributed by atoms with Crippen molar-refractivity contribution in [3.05, 3.63) is 0 Å². The lowest BCUT2D eigenvalue weighted by atomic mass is 9.76. The maximum atomic E-state index is 12.6. The summed E-state index contributed by atoms with van der Waals surface area (Å²) in [4.78, 5) is 27.6.